The van der Waals surface area contributed by atoms with Gasteiger partial charge in [0.05, 0.1) is 6.04 Å². The van der Waals surface area contributed by atoms with Gasteiger partial charge in [0.25, 0.3) is 11.8 Å². The minimum absolute atomic E-state index is 0.0346. The van der Waals surface area contributed by atoms with Crippen molar-refractivity contribution in [2.45, 2.75) is 44.4 Å². The van der Waals surface area contributed by atoms with E-state index in [1.54, 1.807) is 67.6 Å². The molecular formula is C23H27N3O5. The third-order valence-corrected chi connectivity index (χ3v) is 4.83. The SMILES string of the molecule is CCC(=O)CC[C@@H](NC(=O)[C@H](O)[C@@H](NC(=O)c1ccccc1)c1ccccc1)C(N)=O. The van der Waals surface area contributed by atoms with Crippen LogP contribution in [0, 0.1) is 0 Å². The number of benzene rings is 2. The molecular weight excluding hydrogens is 398 g/mol. The number of Topliss-reactive ketones (excluding diaryl/α,β-unsaturated/α-hetero) is 1. The van der Waals surface area contributed by atoms with E-state index >= 15 is 0 Å². The Hall–Kier alpha value is -3.52. The largest absolute Gasteiger partial charge is 0.381 e. The smallest absolute Gasteiger partial charge is 0.252 e. The summed E-state index contributed by atoms with van der Waals surface area (Å²) in [6.45, 7) is 1.70. The first-order valence-corrected chi connectivity index (χ1v) is 10.0. The van der Waals surface area contributed by atoms with Gasteiger partial charge in [0.2, 0.25) is 5.91 Å². The molecule has 31 heavy (non-hydrogen) atoms. The normalized spacial score (nSPS) is 13.5. The second-order valence-electron chi connectivity index (χ2n) is 7.07. The molecule has 0 aliphatic rings. The van der Waals surface area contributed by atoms with E-state index in [0.29, 0.717) is 17.5 Å². The van der Waals surface area contributed by atoms with E-state index < -0.39 is 35.9 Å². The average Bonchev–Trinajstić information content (AvgIpc) is 2.80. The van der Waals surface area contributed by atoms with Crippen molar-refractivity contribution in [1.29, 1.82) is 0 Å². The molecule has 8 heteroatoms. The Morgan fingerprint density at radius 2 is 1.52 bits per heavy atom. The number of aliphatic hydroxyl groups excluding tert-OH is 1. The third-order valence-electron chi connectivity index (χ3n) is 4.83. The number of nitrogens with two attached hydrogens (primary N) is 1. The molecule has 0 aliphatic heterocycles. The summed E-state index contributed by atoms with van der Waals surface area (Å²) >= 11 is 0. The van der Waals surface area contributed by atoms with Gasteiger partial charge in [-0.25, -0.2) is 0 Å². The van der Waals surface area contributed by atoms with Crippen molar-refractivity contribution in [3.05, 3.63) is 71.8 Å². The Balaban J connectivity index is 2.18. The lowest BCUT2D eigenvalue weighted by Gasteiger charge is -2.25. The van der Waals surface area contributed by atoms with Crippen molar-refractivity contribution < 1.29 is 24.3 Å². The number of ketones is 1. The van der Waals surface area contributed by atoms with Crippen molar-refractivity contribution in [1.82, 2.24) is 10.6 Å². The van der Waals surface area contributed by atoms with Crippen LogP contribution in [0.25, 0.3) is 0 Å². The van der Waals surface area contributed by atoms with Crippen LogP contribution in [-0.2, 0) is 14.4 Å². The minimum atomic E-state index is -1.70. The fraction of sp³-hybridized carbons (Fsp3) is 0.304. The summed E-state index contributed by atoms with van der Waals surface area (Å²) in [5.41, 5.74) is 6.21. The molecule has 5 N–H and O–H groups in total. The van der Waals surface area contributed by atoms with Crippen LogP contribution >= 0.6 is 0 Å². The first-order valence-electron chi connectivity index (χ1n) is 10.0. The summed E-state index contributed by atoms with van der Waals surface area (Å²) in [6.07, 6.45) is -1.28. The van der Waals surface area contributed by atoms with Gasteiger partial charge in [0, 0.05) is 18.4 Å². The zero-order chi connectivity index (χ0) is 22.8. The number of primary amides is 1. The van der Waals surface area contributed by atoms with E-state index in [-0.39, 0.29) is 18.6 Å². The van der Waals surface area contributed by atoms with E-state index in [4.69, 9.17) is 5.73 Å². The molecule has 0 bridgehead atoms. The Morgan fingerprint density at radius 3 is 2.06 bits per heavy atom. The number of nitrogens with one attached hydrogen (secondary N) is 2. The monoisotopic (exact) mass is 425 g/mol. The lowest BCUT2D eigenvalue weighted by Crippen LogP contribution is -2.51. The molecule has 0 aliphatic carbocycles. The maximum Gasteiger partial charge on any atom is 0.252 e. The van der Waals surface area contributed by atoms with Crippen molar-refractivity contribution in [2.24, 2.45) is 5.73 Å². The highest BCUT2D eigenvalue weighted by molar-refractivity contribution is 5.95. The van der Waals surface area contributed by atoms with Gasteiger partial charge in [-0.1, -0.05) is 55.5 Å². The Kier molecular flexibility index (Phi) is 8.90. The predicted molar refractivity (Wildman–Crippen MR) is 115 cm³/mol. The summed E-state index contributed by atoms with van der Waals surface area (Å²) in [7, 11) is 0. The molecule has 8 nitrogen and oxygen atoms in total. The van der Waals surface area contributed by atoms with Crippen LogP contribution in [0.5, 0.6) is 0 Å². The standard InChI is InChI=1S/C23H27N3O5/c1-2-17(27)13-14-18(21(24)29)25-23(31)20(28)19(15-9-5-3-6-10-15)26-22(30)16-11-7-4-8-12-16/h3-12,18-20,28H,2,13-14H2,1H3,(H2,24,29)(H,25,31)(H,26,30)/t18-,19+,20-/m1/s1. The number of carbonyl (C=O) groups excluding carboxylic acids is 4. The number of carbonyl (C=O) groups is 4. The van der Waals surface area contributed by atoms with Crippen LogP contribution in [-0.4, -0.2) is 40.8 Å². The summed E-state index contributed by atoms with van der Waals surface area (Å²) < 4.78 is 0. The highest BCUT2D eigenvalue weighted by atomic mass is 16.3. The average molecular weight is 425 g/mol. The van der Waals surface area contributed by atoms with Gasteiger partial charge in [0.1, 0.15) is 11.8 Å². The second kappa shape index (κ2) is 11.6. The molecule has 2 aromatic carbocycles. The van der Waals surface area contributed by atoms with Crippen LogP contribution in [0.15, 0.2) is 60.7 Å². The van der Waals surface area contributed by atoms with Gasteiger partial charge in [-0.15, -0.1) is 0 Å². The fourth-order valence-electron chi connectivity index (χ4n) is 3.00. The Labute approximate surface area is 180 Å². The molecule has 3 amide bonds. The Morgan fingerprint density at radius 1 is 0.935 bits per heavy atom. The fourth-order valence-corrected chi connectivity index (χ4v) is 3.00. The first-order chi connectivity index (χ1) is 14.8. The number of amides is 3. The number of rotatable bonds is 11. The summed E-state index contributed by atoms with van der Waals surface area (Å²) in [4.78, 5) is 48.6. The van der Waals surface area contributed by atoms with E-state index in [9.17, 15) is 24.3 Å². The summed E-state index contributed by atoms with van der Waals surface area (Å²) in [6, 6.07) is 14.7. The minimum Gasteiger partial charge on any atom is -0.381 e. The molecule has 0 unspecified atom stereocenters. The van der Waals surface area contributed by atoms with Gasteiger partial charge in [-0.3, -0.25) is 19.2 Å². The molecule has 0 aromatic heterocycles. The first kappa shape index (κ1) is 23.8. The topological polar surface area (TPSA) is 139 Å². The van der Waals surface area contributed by atoms with E-state index in [0.717, 1.165) is 0 Å². The van der Waals surface area contributed by atoms with Crippen molar-refractivity contribution in [3.8, 4) is 0 Å². The van der Waals surface area contributed by atoms with Crippen LogP contribution in [0.4, 0.5) is 0 Å². The second-order valence-corrected chi connectivity index (χ2v) is 7.07. The molecule has 2 rings (SSSR count). The van der Waals surface area contributed by atoms with Gasteiger partial charge in [-0.05, 0) is 24.1 Å². The summed E-state index contributed by atoms with van der Waals surface area (Å²) in [5, 5.41) is 15.8. The van der Waals surface area contributed by atoms with Crippen molar-refractivity contribution in [3.63, 3.8) is 0 Å². The van der Waals surface area contributed by atoms with E-state index in [1.807, 2.05) is 0 Å². The Bertz CT molecular complexity index is 902. The number of hydrogen-bond acceptors (Lipinski definition) is 5. The molecule has 164 valence electrons. The highest BCUT2D eigenvalue weighted by Gasteiger charge is 2.31. The number of aliphatic hydroxyl groups is 1. The molecule has 2 aromatic rings. The number of hydrogen-bond donors (Lipinski definition) is 4. The molecule has 0 saturated carbocycles. The van der Waals surface area contributed by atoms with Crippen molar-refractivity contribution >= 4 is 23.5 Å². The van der Waals surface area contributed by atoms with E-state index in [2.05, 4.69) is 10.6 Å². The van der Waals surface area contributed by atoms with Gasteiger partial charge < -0.3 is 21.5 Å². The zero-order valence-electron chi connectivity index (χ0n) is 17.3. The third kappa shape index (κ3) is 7.04. The van der Waals surface area contributed by atoms with Crippen LogP contribution in [0.1, 0.15) is 48.1 Å². The lowest BCUT2D eigenvalue weighted by atomic mass is 9.99. The lowest BCUT2D eigenvalue weighted by molar-refractivity contribution is -0.134. The van der Waals surface area contributed by atoms with E-state index in [1.165, 1.54) is 0 Å². The molecule has 0 fully saturated rings. The van der Waals surface area contributed by atoms with Crippen LogP contribution in [0.2, 0.25) is 0 Å². The van der Waals surface area contributed by atoms with Crippen LogP contribution in [0.3, 0.4) is 0 Å². The summed E-state index contributed by atoms with van der Waals surface area (Å²) in [5.74, 6) is -2.23. The van der Waals surface area contributed by atoms with Gasteiger partial charge in [-0.2, -0.15) is 0 Å². The molecule has 0 saturated heterocycles. The molecule has 0 spiro atoms. The quantitative estimate of drug-likeness (QED) is 0.429. The maximum atomic E-state index is 12.7. The highest BCUT2D eigenvalue weighted by Crippen LogP contribution is 2.18. The zero-order valence-corrected chi connectivity index (χ0v) is 17.3. The van der Waals surface area contributed by atoms with Crippen LogP contribution < -0.4 is 16.4 Å². The molecule has 3 atom stereocenters. The van der Waals surface area contributed by atoms with Crippen molar-refractivity contribution in [2.75, 3.05) is 0 Å². The maximum absolute atomic E-state index is 12.7. The van der Waals surface area contributed by atoms with Gasteiger partial charge >= 0.3 is 0 Å². The predicted octanol–water partition coefficient (Wildman–Crippen LogP) is 1.25. The van der Waals surface area contributed by atoms with Gasteiger partial charge in [0.15, 0.2) is 6.10 Å². The molecule has 0 heterocycles. The molecule has 0 radical (unpaired) electrons.